The van der Waals surface area contributed by atoms with Crippen LogP contribution in [0.3, 0.4) is 0 Å². The van der Waals surface area contributed by atoms with Crippen LogP contribution in [-0.4, -0.2) is 5.94 Å². The fraction of sp³-hybridized carbons (Fsp3) is 0.143. The van der Waals surface area contributed by atoms with Gasteiger partial charge in [0.1, 0.15) is 0 Å². The van der Waals surface area contributed by atoms with Crippen molar-refractivity contribution < 1.29 is 4.74 Å². The van der Waals surface area contributed by atoms with E-state index in [1.165, 1.54) is 5.56 Å². The van der Waals surface area contributed by atoms with Crippen LogP contribution in [0.25, 0.3) is 0 Å². The third-order valence-electron chi connectivity index (χ3n) is 2.37. The molecule has 0 aliphatic carbocycles. The number of halogens is 1. The lowest BCUT2D eigenvalue weighted by Crippen LogP contribution is -1.92. The zero-order chi connectivity index (χ0) is 12.8. The fourth-order valence-electron chi connectivity index (χ4n) is 1.47. The first-order chi connectivity index (χ1) is 8.75. The zero-order valence-electron chi connectivity index (χ0n) is 9.80. The van der Waals surface area contributed by atoms with E-state index >= 15 is 0 Å². The van der Waals surface area contributed by atoms with E-state index in [9.17, 15) is 0 Å². The largest absolute Gasteiger partial charge is 0.399 e. The molecular formula is C14H14BrNOS. The Morgan fingerprint density at radius 1 is 1.11 bits per heavy atom. The second-order valence-corrected chi connectivity index (χ2v) is 5.60. The molecule has 2 aromatic rings. The van der Waals surface area contributed by atoms with Crippen molar-refractivity contribution in [1.29, 1.82) is 0 Å². The van der Waals surface area contributed by atoms with Crippen molar-refractivity contribution in [3.05, 3.63) is 58.6 Å². The van der Waals surface area contributed by atoms with Crippen molar-refractivity contribution in [2.24, 2.45) is 0 Å². The number of rotatable bonds is 5. The Bertz CT molecular complexity index is 504. The molecule has 0 radical (unpaired) electrons. The normalized spacial score (nSPS) is 10.5. The Balaban J connectivity index is 1.79. The molecule has 0 aliphatic heterocycles. The van der Waals surface area contributed by atoms with Gasteiger partial charge in [-0.2, -0.15) is 0 Å². The van der Waals surface area contributed by atoms with Gasteiger partial charge in [0, 0.05) is 15.1 Å². The molecule has 2 nitrogen and oxygen atoms in total. The van der Waals surface area contributed by atoms with Gasteiger partial charge in [0.15, 0.2) is 0 Å². The molecule has 0 unspecified atom stereocenters. The Kier molecular flexibility index (Phi) is 5.11. The van der Waals surface area contributed by atoms with Gasteiger partial charge in [0.25, 0.3) is 0 Å². The lowest BCUT2D eigenvalue weighted by Gasteiger charge is -2.06. The predicted octanol–water partition coefficient (Wildman–Crippen LogP) is 4.30. The quantitative estimate of drug-likeness (QED) is 0.385. The Morgan fingerprint density at radius 3 is 2.61 bits per heavy atom. The molecule has 4 heteroatoms. The number of thioether (sulfide) groups is 1. The summed E-state index contributed by atoms with van der Waals surface area (Å²) in [6.45, 7) is 0.639. The number of nitrogen functional groups attached to an aromatic ring is 1. The summed E-state index contributed by atoms with van der Waals surface area (Å²) in [5.41, 5.74) is 7.64. The summed E-state index contributed by atoms with van der Waals surface area (Å²) < 4.78 is 6.63. The van der Waals surface area contributed by atoms with E-state index in [-0.39, 0.29) is 0 Å². The molecule has 0 aromatic heterocycles. The third kappa shape index (κ3) is 4.05. The molecule has 0 bridgehead atoms. The maximum Gasteiger partial charge on any atom is 0.0971 e. The number of benzene rings is 2. The summed E-state index contributed by atoms with van der Waals surface area (Å²) in [7, 11) is 0. The van der Waals surface area contributed by atoms with Gasteiger partial charge in [-0.1, -0.05) is 42.1 Å². The lowest BCUT2D eigenvalue weighted by atomic mass is 10.2. The highest BCUT2D eigenvalue weighted by molar-refractivity contribution is 9.10. The molecule has 0 saturated carbocycles. The summed E-state index contributed by atoms with van der Waals surface area (Å²) in [5.74, 6) is 0.622. The molecular weight excluding hydrogens is 310 g/mol. The van der Waals surface area contributed by atoms with Crippen LogP contribution in [0, 0.1) is 0 Å². The molecule has 0 aliphatic rings. The van der Waals surface area contributed by atoms with E-state index in [4.69, 9.17) is 10.5 Å². The minimum Gasteiger partial charge on any atom is -0.399 e. The van der Waals surface area contributed by atoms with Crippen LogP contribution >= 0.6 is 27.7 Å². The first-order valence-corrected chi connectivity index (χ1v) is 7.33. The van der Waals surface area contributed by atoms with Gasteiger partial charge in [0.2, 0.25) is 0 Å². The Labute approximate surface area is 120 Å². The first kappa shape index (κ1) is 13.5. The third-order valence-corrected chi connectivity index (χ3v) is 4.24. The van der Waals surface area contributed by atoms with E-state index in [1.807, 2.05) is 36.4 Å². The molecule has 0 saturated heterocycles. The molecule has 0 heterocycles. The van der Waals surface area contributed by atoms with Crippen molar-refractivity contribution in [3.63, 3.8) is 0 Å². The number of hydrogen-bond donors (Lipinski definition) is 1. The van der Waals surface area contributed by atoms with Crippen LogP contribution in [0.1, 0.15) is 5.56 Å². The van der Waals surface area contributed by atoms with Gasteiger partial charge in [0.05, 0.1) is 12.5 Å². The highest BCUT2D eigenvalue weighted by Gasteiger charge is 2.01. The van der Waals surface area contributed by atoms with Crippen LogP contribution in [0.2, 0.25) is 0 Å². The van der Waals surface area contributed by atoms with Crippen molar-refractivity contribution in [2.45, 2.75) is 11.5 Å². The highest BCUT2D eigenvalue weighted by atomic mass is 79.9. The maximum absolute atomic E-state index is 5.69. The SMILES string of the molecule is Nc1ccc(SCOCc2ccccc2)c(Br)c1. The van der Waals surface area contributed by atoms with Gasteiger partial charge in [-0.25, -0.2) is 0 Å². The van der Waals surface area contributed by atoms with Gasteiger partial charge in [-0.3, -0.25) is 0 Å². The molecule has 18 heavy (non-hydrogen) atoms. The van der Waals surface area contributed by atoms with Crippen molar-refractivity contribution >= 4 is 33.4 Å². The molecule has 2 rings (SSSR count). The summed E-state index contributed by atoms with van der Waals surface area (Å²) in [6, 6.07) is 15.9. The average molecular weight is 324 g/mol. The molecule has 0 amide bonds. The second kappa shape index (κ2) is 6.83. The molecule has 2 aromatic carbocycles. The summed E-state index contributed by atoms with van der Waals surface area (Å²) in [5, 5.41) is 0. The number of hydrogen-bond acceptors (Lipinski definition) is 3. The highest BCUT2D eigenvalue weighted by Crippen LogP contribution is 2.29. The maximum atomic E-state index is 5.69. The Morgan fingerprint density at radius 2 is 1.89 bits per heavy atom. The van der Waals surface area contributed by atoms with E-state index in [2.05, 4.69) is 28.1 Å². The second-order valence-electron chi connectivity index (χ2n) is 3.79. The van der Waals surface area contributed by atoms with E-state index in [1.54, 1.807) is 11.8 Å². The van der Waals surface area contributed by atoms with Crippen LogP contribution in [0.15, 0.2) is 57.9 Å². The smallest absolute Gasteiger partial charge is 0.0971 e. The first-order valence-electron chi connectivity index (χ1n) is 5.55. The van der Waals surface area contributed by atoms with E-state index in [0.717, 1.165) is 15.1 Å². The van der Waals surface area contributed by atoms with Crippen LogP contribution < -0.4 is 5.73 Å². The summed E-state index contributed by atoms with van der Waals surface area (Å²) in [6.07, 6.45) is 0. The standard InChI is InChI=1S/C14H14BrNOS/c15-13-8-12(16)6-7-14(13)18-10-17-9-11-4-2-1-3-5-11/h1-8H,9-10,16H2. The van der Waals surface area contributed by atoms with Crippen molar-refractivity contribution in [3.8, 4) is 0 Å². The van der Waals surface area contributed by atoms with Crippen molar-refractivity contribution in [2.75, 3.05) is 11.7 Å². The minimum atomic E-state index is 0.622. The van der Waals surface area contributed by atoms with Gasteiger partial charge < -0.3 is 10.5 Å². The monoisotopic (exact) mass is 323 g/mol. The van der Waals surface area contributed by atoms with Crippen molar-refractivity contribution in [1.82, 2.24) is 0 Å². The summed E-state index contributed by atoms with van der Waals surface area (Å²) in [4.78, 5) is 1.14. The van der Waals surface area contributed by atoms with Crippen LogP contribution in [0.5, 0.6) is 0 Å². The average Bonchev–Trinajstić information content (AvgIpc) is 2.38. The van der Waals surface area contributed by atoms with Gasteiger partial charge in [-0.15, -0.1) is 0 Å². The van der Waals surface area contributed by atoms with Gasteiger partial charge >= 0.3 is 0 Å². The minimum absolute atomic E-state index is 0.622. The number of nitrogens with two attached hydrogens (primary N) is 1. The molecule has 0 atom stereocenters. The number of anilines is 1. The molecule has 94 valence electrons. The molecule has 2 N–H and O–H groups in total. The topological polar surface area (TPSA) is 35.2 Å². The zero-order valence-corrected chi connectivity index (χ0v) is 12.2. The van der Waals surface area contributed by atoms with Gasteiger partial charge in [-0.05, 0) is 39.7 Å². The van der Waals surface area contributed by atoms with E-state index < -0.39 is 0 Å². The fourth-order valence-corrected chi connectivity index (χ4v) is 2.87. The predicted molar refractivity (Wildman–Crippen MR) is 80.5 cm³/mol. The molecule has 0 fully saturated rings. The van der Waals surface area contributed by atoms with Crippen LogP contribution in [-0.2, 0) is 11.3 Å². The van der Waals surface area contributed by atoms with Crippen LogP contribution in [0.4, 0.5) is 5.69 Å². The molecule has 0 spiro atoms. The van der Waals surface area contributed by atoms with E-state index in [0.29, 0.717) is 12.5 Å². The Hall–Kier alpha value is -0.970. The number of ether oxygens (including phenoxy) is 1. The summed E-state index contributed by atoms with van der Waals surface area (Å²) >= 11 is 5.14. The lowest BCUT2D eigenvalue weighted by molar-refractivity contribution is 0.169.